The molecular weight excluding hydrogens is 201 g/mol. The zero-order valence-electron chi connectivity index (χ0n) is 6.67. The van der Waals surface area contributed by atoms with Crippen LogP contribution in [0.15, 0.2) is 12.1 Å². The van der Waals surface area contributed by atoms with Crippen LogP contribution in [0.2, 0.25) is 0 Å². The van der Waals surface area contributed by atoms with E-state index in [0.29, 0.717) is 12.1 Å². The molecular formula is C7H5F3N2O2. The number of halogens is 3. The number of carbonyl (C=O) groups is 1. The van der Waals surface area contributed by atoms with E-state index in [1.54, 1.807) is 0 Å². The van der Waals surface area contributed by atoms with Crippen molar-refractivity contribution in [3.8, 4) is 0 Å². The summed E-state index contributed by atoms with van der Waals surface area (Å²) in [6.07, 6.45) is -4.62. The van der Waals surface area contributed by atoms with E-state index in [1.165, 1.54) is 0 Å². The molecule has 1 heterocycles. The zero-order chi connectivity index (χ0) is 10.9. The van der Waals surface area contributed by atoms with Gasteiger partial charge in [-0.1, -0.05) is 0 Å². The largest absolute Gasteiger partial charge is 0.477 e. The van der Waals surface area contributed by atoms with E-state index in [-0.39, 0.29) is 0 Å². The number of nitrogens with zero attached hydrogens (tertiary/aromatic N) is 1. The first kappa shape index (κ1) is 10.3. The number of hydrogen-bond acceptors (Lipinski definition) is 3. The summed E-state index contributed by atoms with van der Waals surface area (Å²) in [4.78, 5) is 13.6. The smallest absolute Gasteiger partial charge is 0.416 e. The molecule has 4 nitrogen and oxygen atoms in total. The number of rotatable bonds is 1. The molecule has 0 aliphatic carbocycles. The van der Waals surface area contributed by atoms with Crippen LogP contribution in [0, 0.1) is 0 Å². The summed E-state index contributed by atoms with van der Waals surface area (Å²) < 4.78 is 36.4. The van der Waals surface area contributed by atoms with Crippen molar-refractivity contribution < 1.29 is 23.1 Å². The second kappa shape index (κ2) is 3.17. The van der Waals surface area contributed by atoms with Crippen LogP contribution in [0.3, 0.4) is 0 Å². The first-order valence-electron chi connectivity index (χ1n) is 3.39. The Balaban J connectivity index is 3.28. The lowest BCUT2D eigenvalue weighted by Gasteiger charge is -2.07. The molecule has 0 spiro atoms. The molecule has 14 heavy (non-hydrogen) atoms. The monoisotopic (exact) mass is 206 g/mol. The normalized spacial score (nSPS) is 11.4. The maximum absolute atomic E-state index is 12.1. The molecule has 0 saturated heterocycles. The van der Waals surface area contributed by atoms with Crippen molar-refractivity contribution >= 4 is 11.8 Å². The van der Waals surface area contributed by atoms with Crippen molar-refractivity contribution in [1.29, 1.82) is 0 Å². The number of nitrogen functional groups attached to an aromatic ring is 1. The Labute approximate surface area is 76.2 Å². The van der Waals surface area contributed by atoms with E-state index in [2.05, 4.69) is 4.98 Å². The van der Waals surface area contributed by atoms with Crippen LogP contribution in [0.5, 0.6) is 0 Å². The number of anilines is 1. The van der Waals surface area contributed by atoms with E-state index >= 15 is 0 Å². The second-order valence-corrected chi connectivity index (χ2v) is 2.47. The first-order chi connectivity index (χ1) is 6.30. The number of carboxylic acid groups (broad SMARTS) is 1. The average Bonchev–Trinajstić information content (AvgIpc) is 2.01. The van der Waals surface area contributed by atoms with Gasteiger partial charge in [0.25, 0.3) is 0 Å². The molecule has 1 aromatic rings. The molecule has 0 atom stereocenters. The van der Waals surface area contributed by atoms with Gasteiger partial charge in [-0.15, -0.1) is 0 Å². The fraction of sp³-hybridized carbons (Fsp3) is 0.143. The molecule has 0 radical (unpaired) electrons. The van der Waals surface area contributed by atoms with Gasteiger partial charge in [-0.25, -0.2) is 9.78 Å². The average molecular weight is 206 g/mol. The van der Waals surface area contributed by atoms with Gasteiger partial charge in [-0.3, -0.25) is 0 Å². The van der Waals surface area contributed by atoms with Gasteiger partial charge in [-0.2, -0.15) is 13.2 Å². The Bertz CT molecular complexity index is 376. The second-order valence-electron chi connectivity index (χ2n) is 2.47. The molecule has 0 unspecified atom stereocenters. The molecule has 1 rings (SSSR count). The highest BCUT2D eigenvalue weighted by atomic mass is 19.4. The van der Waals surface area contributed by atoms with Gasteiger partial charge in [0.15, 0.2) is 5.69 Å². The first-order valence-corrected chi connectivity index (χ1v) is 3.39. The van der Waals surface area contributed by atoms with Crippen molar-refractivity contribution in [3.05, 3.63) is 23.4 Å². The standard InChI is InChI=1S/C7H5F3N2O2/c8-7(9,10)3-1-4(6(13)14)12-5(11)2-3/h1-2H,(H2,11,12)(H,13,14). The van der Waals surface area contributed by atoms with Crippen LogP contribution in [-0.4, -0.2) is 16.1 Å². The molecule has 0 aliphatic rings. The molecule has 1 aromatic heterocycles. The number of alkyl halides is 3. The lowest BCUT2D eigenvalue weighted by molar-refractivity contribution is -0.137. The molecule has 0 aliphatic heterocycles. The van der Waals surface area contributed by atoms with Gasteiger partial charge < -0.3 is 10.8 Å². The van der Waals surface area contributed by atoms with Crippen molar-refractivity contribution in [2.75, 3.05) is 5.73 Å². The minimum Gasteiger partial charge on any atom is -0.477 e. The van der Waals surface area contributed by atoms with Crippen LogP contribution in [0.1, 0.15) is 16.1 Å². The molecule has 0 bridgehead atoms. The molecule has 7 heteroatoms. The molecule has 0 fully saturated rings. The predicted octanol–water partition coefficient (Wildman–Crippen LogP) is 1.38. The molecule has 0 aromatic carbocycles. The number of aromatic nitrogens is 1. The highest BCUT2D eigenvalue weighted by Crippen LogP contribution is 2.30. The van der Waals surface area contributed by atoms with Gasteiger partial charge in [0.2, 0.25) is 0 Å². The Hall–Kier alpha value is -1.79. The lowest BCUT2D eigenvalue weighted by Crippen LogP contribution is -2.10. The summed E-state index contributed by atoms with van der Waals surface area (Å²) in [5, 5.41) is 8.41. The maximum Gasteiger partial charge on any atom is 0.416 e. The fourth-order valence-corrected chi connectivity index (χ4v) is 0.825. The minimum atomic E-state index is -4.62. The third-order valence-electron chi connectivity index (χ3n) is 1.39. The molecule has 0 amide bonds. The van der Waals surface area contributed by atoms with E-state index < -0.39 is 29.2 Å². The zero-order valence-corrected chi connectivity index (χ0v) is 6.67. The quantitative estimate of drug-likeness (QED) is 0.727. The predicted molar refractivity (Wildman–Crippen MR) is 40.6 cm³/mol. The van der Waals surface area contributed by atoms with Crippen LogP contribution in [-0.2, 0) is 6.18 Å². The van der Waals surface area contributed by atoms with Gasteiger partial charge in [-0.05, 0) is 12.1 Å². The molecule has 0 saturated carbocycles. The van der Waals surface area contributed by atoms with Crippen LogP contribution in [0.25, 0.3) is 0 Å². The SMILES string of the molecule is Nc1cc(C(F)(F)F)cc(C(=O)O)n1. The third kappa shape index (κ3) is 2.12. The topological polar surface area (TPSA) is 76.2 Å². The highest BCUT2D eigenvalue weighted by Gasteiger charge is 2.32. The number of nitrogens with two attached hydrogens (primary N) is 1. The van der Waals surface area contributed by atoms with Gasteiger partial charge in [0, 0.05) is 0 Å². The number of carboxylic acids is 1. The molecule has 76 valence electrons. The summed E-state index contributed by atoms with van der Waals surface area (Å²) >= 11 is 0. The summed E-state index contributed by atoms with van der Waals surface area (Å²) in [7, 11) is 0. The van der Waals surface area contributed by atoms with Crippen LogP contribution in [0.4, 0.5) is 19.0 Å². The highest BCUT2D eigenvalue weighted by molar-refractivity contribution is 5.86. The Kier molecular flexibility index (Phi) is 2.33. The minimum absolute atomic E-state index is 0.429. The van der Waals surface area contributed by atoms with Crippen LogP contribution >= 0.6 is 0 Å². The van der Waals surface area contributed by atoms with Crippen molar-refractivity contribution in [2.45, 2.75) is 6.18 Å². The van der Waals surface area contributed by atoms with E-state index in [9.17, 15) is 18.0 Å². The van der Waals surface area contributed by atoms with Crippen molar-refractivity contribution in [3.63, 3.8) is 0 Å². The Morgan fingerprint density at radius 2 is 2.00 bits per heavy atom. The number of hydrogen-bond donors (Lipinski definition) is 2. The van der Waals surface area contributed by atoms with Crippen molar-refractivity contribution in [2.24, 2.45) is 0 Å². The summed E-state index contributed by atoms with van der Waals surface area (Å²) in [6.45, 7) is 0. The van der Waals surface area contributed by atoms with Crippen molar-refractivity contribution in [1.82, 2.24) is 4.98 Å². The summed E-state index contributed by atoms with van der Waals surface area (Å²) in [5.41, 5.74) is 3.17. The number of pyridine rings is 1. The number of aromatic carboxylic acids is 1. The van der Waals surface area contributed by atoms with E-state index in [1.807, 2.05) is 0 Å². The van der Waals surface area contributed by atoms with Gasteiger partial charge in [0.1, 0.15) is 5.82 Å². The lowest BCUT2D eigenvalue weighted by atomic mass is 10.2. The van der Waals surface area contributed by atoms with E-state index in [4.69, 9.17) is 10.8 Å². The van der Waals surface area contributed by atoms with Gasteiger partial charge >= 0.3 is 12.1 Å². The maximum atomic E-state index is 12.1. The van der Waals surface area contributed by atoms with Gasteiger partial charge in [0.05, 0.1) is 5.56 Å². The summed E-state index contributed by atoms with van der Waals surface area (Å²) in [6, 6.07) is 1.01. The fourth-order valence-electron chi connectivity index (χ4n) is 0.825. The Morgan fingerprint density at radius 3 is 2.43 bits per heavy atom. The summed E-state index contributed by atoms with van der Waals surface area (Å²) in [5.74, 6) is -2.03. The molecule has 3 N–H and O–H groups in total. The van der Waals surface area contributed by atoms with E-state index in [0.717, 1.165) is 0 Å². The Morgan fingerprint density at radius 1 is 1.43 bits per heavy atom. The van der Waals surface area contributed by atoms with Crippen LogP contribution < -0.4 is 5.73 Å². The third-order valence-corrected chi connectivity index (χ3v) is 1.39.